The van der Waals surface area contributed by atoms with Crippen LogP contribution in [0.1, 0.15) is 19.8 Å². The minimum atomic E-state index is -0.189. The van der Waals surface area contributed by atoms with Gasteiger partial charge in [0.2, 0.25) is 0 Å². The monoisotopic (exact) mass is 332 g/mol. The maximum Gasteiger partial charge on any atom is 0.0879 e. The van der Waals surface area contributed by atoms with E-state index in [4.69, 9.17) is 21.1 Å². The zero-order valence-electron chi connectivity index (χ0n) is 8.60. The molecule has 1 fully saturated rings. The van der Waals surface area contributed by atoms with Crippen LogP contribution in [0.3, 0.4) is 0 Å². The van der Waals surface area contributed by atoms with Crippen LogP contribution in [0.25, 0.3) is 0 Å². The Labute approximate surface area is 105 Å². The van der Waals surface area contributed by atoms with E-state index in [-0.39, 0.29) is 5.60 Å². The van der Waals surface area contributed by atoms with Gasteiger partial charge in [-0.2, -0.15) is 0 Å². The second-order valence-electron chi connectivity index (χ2n) is 4.08. The Morgan fingerprint density at radius 1 is 1.43 bits per heavy atom. The smallest absolute Gasteiger partial charge is 0.0879 e. The van der Waals surface area contributed by atoms with Crippen LogP contribution < -0.4 is 0 Å². The van der Waals surface area contributed by atoms with Crippen molar-refractivity contribution >= 4 is 34.2 Å². The average molecular weight is 333 g/mol. The van der Waals surface area contributed by atoms with Gasteiger partial charge in [0.25, 0.3) is 0 Å². The largest absolute Gasteiger partial charge is 0.379 e. The van der Waals surface area contributed by atoms with Crippen molar-refractivity contribution in [3.63, 3.8) is 0 Å². The molecule has 2 nitrogen and oxygen atoms in total. The van der Waals surface area contributed by atoms with Crippen molar-refractivity contribution in [2.75, 3.05) is 30.1 Å². The van der Waals surface area contributed by atoms with E-state index in [1.54, 1.807) is 0 Å². The van der Waals surface area contributed by atoms with E-state index in [2.05, 4.69) is 22.6 Å². The Hall–Kier alpha value is 0.940. The first kappa shape index (κ1) is 13.0. The van der Waals surface area contributed by atoms with E-state index >= 15 is 0 Å². The second-order valence-corrected chi connectivity index (χ2v) is 5.11. The number of halogens is 2. The quantitative estimate of drug-likeness (QED) is 0.386. The van der Waals surface area contributed by atoms with Crippen molar-refractivity contribution < 1.29 is 9.47 Å². The SMILES string of the molecule is CC(CCl)(CI)OCCOCC1CC1. The molecule has 0 aromatic carbocycles. The van der Waals surface area contributed by atoms with Crippen LogP contribution >= 0.6 is 34.2 Å². The van der Waals surface area contributed by atoms with Gasteiger partial charge in [-0.25, -0.2) is 0 Å². The Bertz CT molecular complexity index is 158. The fourth-order valence-corrected chi connectivity index (χ4v) is 1.97. The third kappa shape index (κ3) is 5.14. The summed E-state index contributed by atoms with van der Waals surface area (Å²) < 4.78 is 12.1. The van der Waals surface area contributed by atoms with Crippen LogP contribution in [0, 0.1) is 5.92 Å². The summed E-state index contributed by atoms with van der Waals surface area (Å²) in [4.78, 5) is 0. The molecule has 1 aliphatic rings. The number of ether oxygens (including phenoxy) is 2. The van der Waals surface area contributed by atoms with E-state index in [1.807, 2.05) is 6.92 Å². The van der Waals surface area contributed by atoms with Crippen LogP contribution in [0.5, 0.6) is 0 Å². The molecule has 84 valence electrons. The molecule has 0 radical (unpaired) electrons. The standard InChI is InChI=1S/C10H18ClIO2/c1-10(7-11,8-12)14-5-4-13-6-9-2-3-9/h9H,2-8H2,1H3. The molecule has 0 aromatic rings. The highest BCUT2D eigenvalue weighted by atomic mass is 127. The lowest BCUT2D eigenvalue weighted by atomic mass is 10.2. The molecule has 1 saturated carbocycles. The molecule has 0 amide bonds. The molecular weight excluding hydrogens is 314 g/mol. The maximum absolute atomic E-state index is 5.81. The molecule has 1 atom stereocenters. The Balaban J connectivity index is 1.95. The Morgan fingerprint density at radius 2 is 2.14 bits per heavy atom. The van der Waals surface area contributed by atoms with Gasteiger partial charge in [0.05, 0.1) is 24.7 Å². The maximum atomic E-state index is 5.81. The lowest BCUT2D eigenvalue weighted by molar-refractivity contribution is -0.0298. The molecule has 0 spiro atoms. The zero-order valence-corrected chi connectivity index (χ0v) is 11.5. The molecule has 0 bridgehead atoms. The molecule has 0 aliphatic heterocycles. The van der Waals surface area contributed by atoms with E-state index in [0.29, 0.717) is 19.1 Å². The third-order valence-corrected chi connectivity index (χ3v) is 4.47. The summed E-state index contributed by atoms with van der Waals surface area (Å²) in [5.74, 6) is 1.37. The topological polar surface area (TPSA) is 18.5 Å². The van der Waals surface area contributed by atoms with Gasteiger partial charge in [-0.15, -0.1) is 11.6 Å². The molecule has 0 aromatic heterocycles. The molecule has 4 heteroatoms. The predicted molar refractivity (Wildman–Crippen MR) is 67.5 cm³/mol. The molecule has 1 rings (SSSR count). The number of rotatable bonds is 8. The lowest BCUT2D eigenvalue weighted by Crippen LogP contribution is -2.34. The zero-order chi connectivity index (χ0) is 10.4. The molecule has 14 heavy (non-hydrogen) atoms. The minimum absolute atomic E-state index is 0.189. The van der Waals surface area contributed by atoms with Gasteiger partial charge in [-0.1, -0.05) is 22.6 Å². The summed E-state index contributed by atoms with van der Waals surface area (Å²) in [6.07, 6.45) is 2.68. The first-order chi connectivity index (χ1) is 6.70. The van der Waals surface area contributed by atoms with Crippen LogP contribution in [0.2, 0.25) is 0 Å². The van der Waals surface area contributed by atoms with Crippen LogP contribution in [0.4, 0.5) is 0 Å². The normalized spacial score (nSPS) is 20.8. The van der Waals surface area contributed by atoms with Crippen LogP contribution in [0.15, 0.2) is 0 Å². The summed E-state index contributed by atoms with van der Waals surface area (Å²) >= 11 is 8.11. The Kier molecular flexibility index (Phi) is 6.05. The summed E-state index contributed by atoms with van der Waals surface area (Å²) in [6, 6.07) is 0. The van der Waals surface area contributed by atoms with Crippen molar-refractivity contribution in [2.45, 2.75) is 25.4 Å². The van der Waals surface area contributed by atoms with Gasteiger partial charge in [-0.05, 0) is 25.7 Å². The highest BCUT2D eigenvalue weighted by Gasteiger charge is 2.23. The van der Waals surface area contributed by atoms with Crippen molar-refractivity contribution in [1.82, 2.24) is 0 Å². The molecule has 0 saturated heterocycles. The van der Waals surface area contributed by atoms with Gasteiger partial charge in [0, 0.05) is 11.0 Å². The van der Waals surface area contributed by atoms with E-state index in [9.17, 15) is 0 Å². The third-order valence-electron chi connectivity index (χ3n) is 2.29. The summed E-state index contributed by atoms with van der Waals surface area (Å²) in [5, 5.41) is 0. The lowest BCUT2D eigenvalue weighted by Gasteiger charge is -2.25. The van der Waals surface area contributed by atoms with E-state index in [1.165, 1.54) is 12.8 Å². The van der Waals surface area contributed by atoms with Crippen molar-refractivity contribution in [3.05, 3.63) is 0 Å². The second kappa shape index (κ2) is 6.51. The van der Waals surface area contributed by atoms with Crippen LogP contribution in [-0.2, 0) is 9.47 Å². The van der Waals surface area contributed by atoms with E-state index in [0.717, 1.165) is 17.0 Å². The fraction of sp³-hybridized carbons (Fsp3) is 1.00. The van der Waals surface area contributed by atoms with Gasteiger partial charge >= 0.3 is 0 Å². The van der Waals surface area contributed by atoms with Gasteiger partial charge in [0.15, 0.2) is 0 Å². The van der Waals surface area contributed by atoms with Crippen molar-refractivity contribution in [2.24, 2.45) is 5.92 Å². The highest BCUT2D eigenvalue weighted by Crippen LogP contribution is 2.28. The fourth-order valence-electron chi connectivity index (χ4n) is 0.994. The molecule has 1 unspecified atom stereocenters. The Morgan fingerprint density at radius 3 is 2.64 bits per heavy atom. The molecule has 0 N–H and O–H groups in total. The predicted octanol–water partition coefficient (Wildman–Crippen LogP) is 2.86. The first-order valence-corrected chi connectivity index (χ1v) is 7.10. The van der Waals surface area contributed by atoms with E-state index < -0.39 is 0 Å². The summed E-state index contributed by atoms with van der Waals surface area (Å²) in [5.41, 5.74) is -0.189. The molecular formula is C10H18ClIO2. The van der Waals surface area contributed by atoms with Gasteiger partial charge in [0.1, 0.15) is 0 Å². The summed E-state index contributed by atoms with van der Waals surface area (Å²) in [7, 11) is 0. The number of hydrogen-bond donors (Lipinski definition) is 0. The minimum Gasteiger partial charge on any atom is -0.379 e. The molecule has 0 heterocycles. The van der Waals surface area contributed by atoms with Gasteiger partial charge in [-0.3, -0.25) is 0 Å². The number of hydrogen-bond acceptors (Lipinski definition) is 2. The highest BCUT2D eigenvalue weighted by molar-refractivity contribution is 14.1. The first-order valence-electron chi connectivity index (χ1n) is 5.04. The average Bonchev–Trinajstić information content (AvgIpc) is 3.01. The van der Waals surface area contributed by atoms with Gasteiger partial charge < -0.3 is 9.47 Å². The van der Waals surface area contributed by atoms with Crippen molar-refractivity contribution in [1.29, 1.82) is 0 Å². The number of alkyl halides is 2. The van der Waals surface area contributed by atoms with Crippen molar-refractivity contribution in [3.8, 4) is 0 Å². The summed E-state index contributed by atoms with van der Waals surface area (Å²) in [6.45, 7) is 4.29. The molecule has 1 aliphatic carbocycles. The van der Waals surface area contributed by atoms with Crippen LogP contribution in [-0.4, -0.2) is 35.7 Å².